The monoisotopic (exact) mass is 397 g/mol. The Labute approximate surface area is 167 Å². The Kier molecular flexibility index (Phi) is 6.03. The highest BCUT2D eigenvalue weighted by atomic mass is 32.2. The highest BCUT2D eigenvalue weighted by Crippen LogP contribution is 2.24. The van der Waals surface area contributed by atoms with E-state index in [1.165, 1.54) is 0 Å². The number of sulfonamides is 1. The molecule has 0 saturated heterocycles. The van der Waals surface area contributed by atoms with E-state index in [0.717, 1.165) is 22.0 Å². The first-order valence-electron chi connectivity index (χ1n) is 9.21. The highest BCUT2D eigenvalue weighted by Gasteiger charge is 2.21. The van der Waals surface area contributed by atoms with Gasteiger partial charge in [0.25, 0.3) is 0 Å². The van der Waals surface area contributed by atoms with Crippen molar-refractivity contribution in [1.82, 2.24) is 9.62 Å². The standard InChI is InChI=1S/C22H27N3O2S/c1-24(2)19-14-12-18(13-15-19)21(25(3)4)16-23-28(26,27)22-11-7-9-17-8-5-6-10-20(17)22/h5-15,21,23H,16H2,1-4H3/t21-/m0/s1. The first-order chi connectivity index (χ1) is 13.3. The number of fused-ring (bicyclic) bond motifs is 1. The number of likely N-dealkylation sites (N-methyl/N-ethyl adjacent to an activating group) is 1. The van der Waals surface area contributed by atoms with Gasteiger partial charge in [0.1, 0.15) is 0 Å². The fraction of sp³-hybridized carbons (Fsp3) is 0.273. The van der Waals surface area contributed by atoms with Crippen LogP contribution in [-0.2, 0) is 10.0 Å². The Morgan fingerprint density at radius 1 is 0.857 bits per heavy atom. The number of nitrogens with one attached hydrogen (secondary N) is 1. The molecule has 0 bridgehead atoms. The van der Waals surface area contributed by atoms with Crippen molar-refractivity contribution in [3.8, 4) is 0 Å². The summed E-state index contributed by atoms with van der Waals surface area (Å²) in [5.41, 5.74) is 2.17. The zero-order valence-electron chi connectivity index (χ0n) is 16.8. The van der Waals surface area contributed by atoms with Crippen molar-refractivity contribution in [3.63, 3.8) is 0 Å². The van der Waals surface area contributed by atoms with Crippen LogP contribution in [0.1, 0.15) is 11.6 Å². The molecule has 0 aliphatic carbocycles. The summed E-state index contributed by atoms with van der Waals surface area (Å²) in [5.74, 6) is 0. The Bertz CT molecular complexity index is 1040. The van der Waals surface area contributed by atoms with Gasteiger partial charge in [-0.15, -0.1) is 0 Å². The Balaban J connectivity index is 1.84. The van der Waals surface area contributed by atoms with Crippen molar-refractivity contribution in [2.75, 3.05) is 39.6 Å². The molecular formula is C22H27N3O2S. The third-order valence-electron chi connectivity index (χ3n) is 4.92. The maximum absolute atomic E-state index is 13.0. The summed E-state index contributed by atoms with van der Waals surface area (Å²) < 4.78 is 28.8. The molecule has 1 N–H and O–H groups in total. The minimum absolute atomic E-state index is 0.0686. The molecule has 148 valence electrons. The summed E-state index contributed by atoms with van der Waals surface area (Å²) in [6.07, 6.45) is 0. The fourth-order valence-electron chi connectivity index (χ4n) is 3.29. The van der Waals surface area contributed by atoms with Crippen molar-refractivity contribution in [2.45, 2.75) is 10.9 Å². The third kappa shape index (κ3) is 4.35. The summed E-state index contributed by atoms with van der Waals surface area (Å²) in [4.78, 5) is 4.37. The van der Waals surface area contributed by atoms with Crippen molar-refractivity contribution in [2.24, 2.45) is 0 Å². The van der Waals surface area contributed by atoms with E-state index in [1.54, 1.807) is 12.1 Å². The molecule has 0 spiro atoms. The fourth-order valence-corrected chi connectivity index (χ4v) is 4.56. The smallest absolute Gasteiger partial charge is 0.241 e. The lowest BCUT2D eigenvalue weighted by Gasteiger charge is -2.26. The lowest BCUT2D eigenvalue weighted by molar-refractivity contribution is 0.299. The Morgan fingerprint density at radius 3 is 2.14 bits per heavy atom. The van der Waals surface area contributed by atoms with E-state index in [0.29, 0.717) is 11.4 Å². The van der Waals surface area contributed by atoms with Crippen LogP contribution in [0.2, 0.25) is 0 Å². The first-order valence-corrected chi connectivity index (χ1v) is 10.7. The van der Waals surface area contributed by atoms with Crippen LogP contribution in [-0.4, -0.2) is 48.1 Å². The maximum atomic E-state index is 13.0. The van der Waals surface area contributed by atoms with Gasteiger partial charge >= 0.3 is 0 Å². The highest BCUT2D eigenvalue weighted by molar-refractivity contribution is 7.89. The molecule has 0 aromatic heterocycles. The zero-order valence-corrected chi connectivity index (χ0v) is 17.6. The summed E-state index contributed by atoms with van der Waals surface area (Å²) in [6.45, 7) is 0.292. The molecule has 0 heterocycles. The third-order valence-corrected chi connectivity index (χ3v) is 6.41. The minimum atomic E-state index is -3.63. The largest absolute Gasteiger partial charge is 0.378 e. The van der Waals surface area contributed by atoms with Crippen LogP contribution in [0.5, 0.6) is 0 Å². The van der Waals surface area contributed by atoms with Gasteiger partial charge in [0.05, 0.1) is 4.90 Å². The van der Waals surface area contributed by atoms with E-state index in [4.69, 9.17) is 0 Å². The molecule has 0 fully saturated rings. The van der Waals surface area contributed by atoms with E-state index < -0.39 is 10.0 Å². The number of rotatable bonds is 7. The van der Waals surface area contributed by atoms with Crippen LogP contribution in [0, 0.1) is 0 Å². The topological polar surface area (TPSA) is 52.7 Å². The molecule has 0 amide bonds. The van der Waals surface area contributed by atoms with Crippen LogP contribution in [0.4, 0.5) is 5.69 Å². The van der Waals surface area contributed by atoms with Crippen molar-refractivity contribution in [3.05, 3.63) is 72.3 Å². The SMILES string of the molecule is CN(C)c1ccc([C@H](CNS(=O)(=O)c2cccc3ccccc23)N(C)C)cc1. The molecule has 3 aromatic rings. The van der Waals surface area contributed by atoms with Crippen LogP contribution in [0.3, 0.4) is 0 Å². The molecular weight excluding hydrogens is 370 g/mol. The lowest BCUT2D eigenvalue weighted by atomic mass is 10.1. The van der Waals surface area contributed by atoms with E-state index in [1.807, 2.05) is 92.6 Å². The molecule has 0 saturated carbocycles. The summed E-state index contributed by atoms with van der Waals surface area (Å²) >= 11 is 0. The summed E-state index contributed by atoms with van der Waals surface area (Å²) in [7, 11) is 4.27. The van der Waals surface area contributed by atoms with Gasteiger partial charge < -0.3 is 9.80 Å². The molecule has 0 aliphatic rings. The van der Waals surface area contributed by atoms with Gasteiger partial charge in [-0.1, -0.05) is 48.5 Å². The van der Waals surface area contributed by atoms with Gasteiger partial charge in [-0.25, -0.2) is 13.1 Å². The molecule has 3 aromatic carbocycles. The second kappa shape index (κ2) is 8.31. The Hall–Kier alpha value is -2.41. The molecule has 5 nitrogen and oxygen atoms in total. The van der Waals surface area contributed by atoms with E-state index in [-0.39, 0.29) is 6.04 Å². The van der Waals surface area contributed by atoms with Gasteiger partial charge in [0.2, 0.25) is 10.0 Å². The van der Waals surface area contributed by atoms with E-state index in [2.05, 4.69) is 4.72 Å². The summed E-state index contributed by atoms with van der Waals surface area (Å²) in [5, 5.41) is 1.64. The van der Waals surface area contributed by atoms with E-state index >= 15 is 0 Å². The number of benzene rings is 3. The average Bonchev–Trinajstić information content (AvgIpc) is 2.67. The van der Waals surface area contributed by atoms with Gasteiger partial charge in [0, 0.05) is 37.8 Å². The zero-order chi connectivity index (χ0) is 20.3. The summed E-state index contributed by atoms with van der Waals surface area (Å²) in [6, 6.07) is 21.0. The molecule has 0 radical (unpaired) electrons. The maximum Gasteiger partial charge on any atom is 0.241 e. The number of anilines is 1. The van der Waals surface area contributed by atoms with Crippen molar-refractivity contribution < 1.29 is 8.42 Å². The lowest BCUT2D eigenvalue weighted by Crippen LogP contribution is -2.34. The first kappa shape index (κ1) is 20.3. The van der Waals surface area contributed by atoms with Crippen molar-refractivity contribution >= 4 is 26.5 Å². The van der Waals surface area contributed by atoms with Crippen LogP contribution in [0.15, 0.2) is 71.6 Å². The minimum Gasteiger partial charge on any atom is -0.378 e. The normalized spacial score (nSPS) is 13.0. The molecule has 3 rings (SSSR count). The molecule has 6 heteroatoms. The molecule has 1 atom stereocenters. The van der Waals surface area contributed by atoms with Gasteiger partial charge in [-0.2, -0.15) is 0 Å². The van der Waals surface area contributed by atoms with Gasteiger partial charge in [0.15, 0.2) is 0 Å². The quantitative estimate of drug-likeness (QED) is 0.663. The second-order valence-electron chi connectivity index (χ2n) is 7.29. The Morgan fingerprint density at radius 2 is 1.50 bits per heavy atom. The molecule has 0 aliphatic heterocycles. The van der Waals surface area contributed by atoms with E-state index in [9.17, 15) is 8.42 Å². The van der Waals surface area contributed by atoms with Crippen LogP contribution in [0.25, 0.3) is 10.8 Å². The second-order valence-corrected chi connectivity index (χ2v) is 9.03. The molecule has 0 unspecified atom stereocenters. The predicted octanol–water partition coefficient (Wildman–Crippen LogP) is 3.49. The average molecular weight is 398 g/mol. The van der Waals surface area contributed by atoms with Gasteiger partial charge in [-0.3, -0.25) is 0 Å². The number of hydrogen-bond acceptors (Lipinski definition) is 4. The van der Waals surface area contributed by atoms with Crippen molar-refractivity contribution in [1.29, 1.82) is 0 Å². The predicted molar refractivity (Wildman–Crippen MR) is 116 cm³/mol. The van der Waals surface area contributed by atoms with Crippen LogP contribution < -0.4 is 9.62 Å². The molecule has 28 heavy (non-hydrogen) atoms. The number of hydrogen-bond donors (Lipinski definition) is 1. The van der Waals surface area contributed by atoms with Crippen LogP contribution >= 0.6 is 0 Å². The van der Waals surface area contributed by atoms with Gasteiger partial charge in [-0.05, 0) is 43.2 Å². The number of nitrogens with zero attached hydrogens (tertiary/aromatic N) is 2.